The van der Waals surface area contributed by atoms with Gasteiger partial charge in [0, 0.05) is 12.1 Å². The van der Waals surface area contributed by atoms with E-state index in [1.807, 2.05) is 0 Å². The van der Waals surface area contributed by atoms with Crippen LogP contribution in [0.25, 0.3) is 0 Å². The molecule has 4 heteroatoms. The molecule has 0 fully saturated rings. The van der Waals surface area contributed by atoms with E-state index in [0.29, 0.717) is 0 Å². The number of methoxy groups -OCH3 is 1. The van der Waals surface area contributed by atoms with E-state index in [2.05, 4.69) is 16.6 Å². The first kappa shape index (κ1) is 10.8. The van der Waals surface area contributed by atoms with Crippen molar-refractivity contribution in [2.75, 3.05) is 13.0 Å². The summed E-state index contributed by atoms with van der Waals surface area (Å²) in [6.45, 7) is 0. The van der Waals surface area contributed by atoms with Crippen molar-refractivity contribution in [3.8, 4) is 17.6 Å². The molecule has 0 saturated heterocycles. The van der Waals surface area contributed by atoms with Crippen molar-refractivity contribution in [3.63, 3.8) is 0 Å². The van der Waals surface area contributed by atoms with Crippen LogP contribution < -0.4 is 4.74 Å². The molecule has 1 rings (SSSR count). The highest BCUT2D eigenvalue weighted by atomic mass is 35.5. The number of alkyl halides is 1. The third kappa shape index (κ3) is 2.36. The Morgan fingerprint density at radius 1 is 1.36 bits per heavy atom. The van der Waals surface area contributed by atoms with E-state index in [1.54, 1.807) is 0 Å². The molecule has 0 heterocycles. The maximum atomic E-state index is 13.2. The molecular formula is C10H7ClF2O. The summed E-state index contributed by atoms with van der Waals surface area (Å²) in [6.07, 6.45) is 0. The van der Waals surface area contributed by atoms with Crippen molar-refractivity contribution in [1.29, 1.82) is 0 Å². The Labute approximate surface area is 85.6 Å². The minimum atomic E-state index is -0.750. The Hall–Kier alpha value is -1.27. The number of benzene rings is 1. The summed E-state index contributed by atoms with van der Waals surface area (Å²) >= 11 is 5.27. The van der Waals surface area contributed by atoms with Gasteiger partial charge in [-0.25, -0.2) is 8.78 Å². The lowest BCUT2D eigenvalue weighted by atomic mass is 10.2. The van der Waals surface area contributed by atoms with Crippen LogP contribution >= 0.6 is 11.6 Å². The van der Waals surface area contributed by atoms with Crippen LogP contribution in [-0.4, -0.2) is 13.0 Å². The van der Waals surface area contributed by atoms with Crippen LogP contribution in [0.2, 0.25) is 0 Å². The van der Waals surface area contributed by atoms with E-state index in [1.165, 1.54) is 7.11 Å². The van der Waals surface area contributed by atoms with Crippen LogP contribution in [0, 0.1) is 23.5 Å². The summed E-state index contributed by atoms with van der Waals surface area (Å²) < 4.78 is 31.0. The highest BCUT2D eigenvalue weighted by Crippen LogP contribution is 2.19. The largest absolute Gasteiger partial charge is 0.497 e. The second-order valence-electron chi connectivity index (χ2n) is 2.40. The van der Waals surface area contributed by atoms with Gasteiger partial charge >= 0.3 is 0 Å². The molecular weight excluding hydrogens is 210 g/mol. The lowest BCUT2D eigenvalue weighted by molar-refractivity contribution is 0.406. The van der Waals surface area contributed by atoms with Crippen LogP contribution in [0.15, 0.2) is 12.1 Å². The first-order valence-corrected chi connectivity index (χ1v) is 4.30. The van der Waals surface area contributed by atoms with Gasteiger partial charge in [-0.05, 0) is 0 Å². The SMILES string of the molecule is COc1cc(F)c(C#CCCl)c(F)c1. The monoisotopic (exact) mass is 216 g/mol. The van der Waals surface area contributed by atoms with Gasteiger partial charge in [-0.1, -0.05) is 11.8 Å². The molecule has 1 aromatic rings. The number of halogens is 3. The normalized spacial score (nSPS) is 9.14. The average Bonchev–Trinajstić information content (AvgIpc) is 2.16. The zero-order chi connectivity index (χ0) is 10.6. The molecule has 14 heavy (non-hydrogen) atoms. The van der Waals surface area contributed by atoms with Gasteiger partial charge in [0.15, 0.2) is 0 Å². The molecule has 0 N–H and O–H groups in total. The Morgan fingerprint density at radius 2 is 1.93 bits per heavy atom. The number of hydrogen-bond donors (Lipinski definition) is 0. The third-order valence-electron chi connectivity index (χ3n) is 1.53. The highest BCUT2D eigenvalue weighted by Gasteiger charge is 2.08. The molecule has 0 spiro atoms. The van der Waals surface area contributed by atoms with Crippen molar-refractivity contribution < 1.29 is 13.5 Å². The van der Waals surface area contributed by atoms with E-state index in [-0.39, 0.29) is 17.2 Å². The fraction of sp³-hybridized carbons (Fsp3) is 0.200. The molecule has 0 aliphatic heterocycles. The second kappa shape index (κ2) is 4.83. The molecule has 74 valence electrons. The van der Waals surface area contributed by atoms with Crippen LogP contribution in [-0.2, 0) is 0 Å². The molecule has 1 nitrogen and oxygen atoms in total. The van der Waals surface area contributed by atoms with Gasteiger partial charge in [-0.3, -0.25) is 0 Å². The smallest absolute Gasteiger partial charge is 0.145 e. The lowest BCUT2D eigenvalue weighted by Gasteiger charge is -2.02. The predicted octanol–water partition coefficient (Wildman–Crippen LogP) is 2.56. The molecule has 0 unspecified atom stereocenters. The Bertz CT molecular complexity index is 370. The van der Waals surface area contributed by atoms with Crippen LogP contribution in [0.5, 0.6) is 5.75 Å². The first-order valence-electron chi connectivity index (χ1n) is 3.77. The Morgan fingerprint density at radius 3 is 2.36 bits per heavy atom. The third-order valence-corrected chi connectivity index (χ3v) is 1.67. The summed E-state index contributed by atoms with van der Waals surface area (Å²) in [6, 6.07) is 2.14. The number of hydrogen-bond acceptors (Lipinski definition) is 1. The summed E-state index contributed by atoms with van der Waals surface area (Å²) in [5, 5.41) is 0. The molecule has 1 aromatic carbocycles. The van der Waals surface area contributed by atoms with Crippen molar-refractivity contribution in [1.82, 2.24) is 0 Å². The summed E-state index contributed by atoms with van der Waals surface area (Å²) in [7, 11) is 1.33. The fourth-order valence-corrected chi connectivity index (χ4v) is 0.976. The Kier molecular flexibility index (Phi) is 3.73. The predicted molar refractivity (Wildman–Crippen MR) is 50.5 cm³/mol. The number of ether oxygens (including phenoxy) is 1. The summed E-state index contributed by atoms with van der Waals surface area (Å²) in [5.41, 5.74) is -0.286. The van der Waals surface area contributed by atoms with E-state index in [9.17, 15) is 8.78 Å². The van der Waals surface area contributed by atoms with Gasteiger partial charge in [0.2, 0.25) is 0 Å². The molecule has 0 bridgehead atoms. The minimum Gasteiger partial charge on any atom is -0.497 e. The summed E-state index contributed by atoms with van der Waals surface area (Å²) in [4.78, 5) is 0. The van der Waals surface area contributed by atoms with E-state index in [4.69, 9.17) is 11.6 Å². The number of rotatable bonds is 1. The zero-order valence-corrected chi connectivity index (χ0v) is 8.16. The van der Waals surface area contributed by atoms with Gasteiger partial charge in [0.25, 0.3) is 0 Å². The van der Waals surface area contributed by atoms with Crippen molar-refractivity contribution >= 4 is 11.6 Å². The van der Waals surface area contributed by atoms with Gasteiger partial charge in [-0.15, -0.1) is 11.6 Å². The molecule has 0 aliphatic carbocycles. The zero-order valence-electron chi connectivity index (χ0n) is 7.40. The van der Waals surface area contributed by atoms with Crippen LogP contribution in [0.4, 0.5) is 8.78 Å². The van der Waals surface area contributed by atoms with E-state index in [0.717, 1.165) is 12.1 Å². The van der Waals surface area contributed by atoms with Gasteiger partial charge in [0.1, 0.15) is 17.4 Å². The van der Waals surface area contributed by atoms with E-state index < -0.39 is 11.6 Å². The lowest BCUT2D eigenvalue weighted by Crippen LogP contribution is -1.93. The molecule has 0 aromatic heterocycles. The highest BCUT2D eigenvalue weighted by molar-refractivity contribution is 6.19. The van der Waals surface area contributed by atoms with Gasteiger partial charge in [-0.2, -0.15) is 0 Å². The topological polar surface area (TPSA) is 9.23 Å². The van der Waals surface area contributed by atoms with Crippen LogP contribution in [0.1, 0.15) is 5.56 Å². The first-order chi connectivity index (χ1) is 6.69. The average molecular weight is 217 g/mol. The molecule has 0 aliphatic rings. The van der Waals surface area contributed by atoms with Gasteiger partial charge in [0.05, 0.1) is 18.6 Å². The Balaban J connectivity index is 3.18. The molecule has 0 amide bonds. The van der Waals surface area contributed by atoms with Gasteiger partial charge < -0.3 is 4.74 Å². The van der Waals surface area contributed by atoms with Crippen molar-refractivity contribution in [2.45, 2.75) is 0 Å². The second-order valence-corrected chi connectivity index (χ2v) is 2.67. The summed E-state index contributed by atoms with van der Waals surface area (Å²) in [5.74, 6) is 3.33. The van der Waals surface area contributed by atoms with E-state index >= 15 is 0 Å². The maximum absolute atomic E-state index is 13.2. The maximum Gasteiger partial charge on any atom is 0.145 e. The molecule has 0 radical (unpaired) electrons. The molecule has 0 atom stereocenters. The van der Waals surface area contributed by atoms with Crippen molar-refractivity contribution in [2.24, 2.45) is 0 Å². The molecule has 0 saturated carbocycles. The minimum absolute atomic E-state index is 0.0326. The standard InChI is InChI=1S/C10H7ClF2O/c1-14-7-5-9(12)8(3-2-4-11)10(13)6-7/h5-6H,4H2,1H3. The van der Waals surface area contributed by atoms with Crippen LogP contribution in [0.3, 0.4) is 0 Å². The van der Waals surface area contributed by atoms with Crippen molar-refractivity contribution in [3.05, 3.63) is 29.3 Å². The quantitative estimate of drug-likeness (QED) is 0.518. The fourth-order valence-electron chi connectivity index (χ4n) is 0.909.